The second-order valence-electron chi connectivity index (χ2n) is 13.7. The summed E-state index contributed by atoms with van der Waals surface area (Å²) < 4.78 is 0. The summed E-state index contributed by atoms with van der Waals surface area (Å²) in [6.45, 7) is 0. The first-order valence-electron chi connectivity index (χ1n) is 17.8. The molecule has 0 N–H and O–H groups in total. The van der Waals surface area contributed by atoms with E-state index in [4.69, 9.17) is 9.97 Å². The molecule has 0 aliphatic heterocycles. The van der Waals surface area contributed by atoms with Crippen LogP contribution in [0.25, 0.3) is 109 Å². The van der Waals surface area contributed by atoms with Gasteiger partial charge in [-0.25, -0.2) is 4.98 Å². The SMILES string of the molecule is c1ccc2c(c1)cc(-c1cc(-c3cnc4c5ccccc5c5ccccc5c4n3)cc(-c3cc4ccccc4c4ccccc34)c1)c1ccccc12. The summed E-state index contributed by atoms with van der Waals surface area (Å²) in [5.74, 6) is 0. The van der Waals surface area contributed by atoms with Gasteiger partial charge in [0.25, 0.3) is 0 Å². The van der Waals surface area contributed by atoms with Crippen molar-refractivity contribution in [2.75, 3.05) is 0 Å². The minimum Gasteiger partial charge on any atom is -0.252 e. The van der Waals surface area contributed by atoms with Crippen molar-refractivity contribution >= 4 is 75.7 Å². The number of hydrogen-bond donors (Lipinski definition) is 0. The molecular formula is C50H30N2. The van der Waals surface area contributed by atoms with Crippen molar-refractivity contribution in [3.8, 4) is 33.5 Å². The highest BCUT2D eigenvalue weighted by Crippen LogP contribution is 2.42. The van der Waals surface area contributed by atoms with Crippen LogP contribution < -0.4 is 0 Å². The average Bonchev–Trinajstić information content (AvgIpc) is 3.23. The summed E-state index contributed by atoms with van der Waals surface area (Å²) in [7, 11) is 0. The molecule has 0 spiro atoms. The van der Waals surface area contributed by atoms with Gasteiger partial charge in [0.1, 0.15) is 0 Å². The van der Waals surface area contributed by atoms with Crippen molar-refractivity contribution in [3.63, 3.8) is 0 Å². The molecular weight excluding hydrogens is 629 g/mol. The van der Waals surface area contributed by atoms with Crippen LogP contribution in [0.5, 0.6) is 0 Å². The fraction of sp³-hybridized carbons (Fsp3) is 0. The lowest BCUT2D eigenvalue weighted by Gasteiger charge is -2.16. The minimum absolute atomic E-state index is 0.853. The minimum atomic E-state index is 0.853. The average molecular weight is 659 g/mol. The Morgan fingerprint density at radius 1 is 0.288 bits per heavy atom. The predicted molar refractivity (Wildman–Crippen MR) is 221 cm³/mol. The maximum absolute atomic E-state index is 5.46. The first-order valence-corrected chi connectivity index (χ1v) is 17.8. The van der Waals surface area contributed by atoms with Crippen molar-refractivity contribution in [3.05, 3.63) is 182 Å². The van der Waals surface area contributed by atoms with Crippen LogP contribution in [0, 0.1) is 0 Å². The fourth-order valence-corrected chi connectivity index (χ4v) is 8.43. The summed E-state index contributed by atoms with van der Waals surface area (Å²) in [5, 5.41) is 14.6. The monoisotopic (exact) mass is 658 g/mol. The van der Waals surface area contributed by atoms with E-state index in [0.29, 0.717) is 0 Å². The van der Waals surface area contributed by atoms with Crippen LogP contribution in [0.15, 0.2) is 182 Å². The Morgan fingerprint density at radius 2 is 0.654 bits per heavy atom. The lowest BCUT2D eigenvalue weighted by molar-refractivity contribution is 1.31. The molecule has 10 aromatic carbocycles. The van der Waals surface area contributed by atoms with E-state index in [-0.39, 0.29) is 0 Å². The van der Waals surface area contributed by atoms with E-state index in [9.17, 15) is 0 Å². The van der Waals surface area contributed by atoms with Gasteiger partial charge in [-0.1, -0.05) is 146 Å². The Labute approximate surface area is 300 Å². The molecule has 2 nitrogen and oxygen atoms in total. The van der Waals surface area contributed by atoms with Crippen LogP contribution in [-0.2, 0) is 0 Å². The Hall–Kier alpha value is -6.90. The van der Waals surface area contributed by atoms with Gasteiger partial charge in [-0.3, -0.25) is 4.98 Å². The lowest BCUT2D eigenvalue weighted by Crippen LogP contribution is -1.94. The molecule has 1 aromatic heterocycles. The molecule has 0 bridgehead atoms. The van der Waals surface area contributed by atoms with Gasteiger partial charge in [0.05, 0.1) is 22.9 Å². The zero-order valence-electron chi connectivity index (χ0n) is 28.2. The first-order chi connectivity index (χ1) is 25.8. The first kappa shape index (κ1) is 28.9. The Bertz CT molecular complexity index is 3080. The Morgan fingerprint density at radius 3 is 1.15 bits per heavy atom. The van der Waals surface area contributed by atoms with Crippen molar-refractivity contribution in [1.82, 2.24) is 9.97 Å². The molecule has 0 amide bonds. The highest BCUT2D eigenvalue weighted by atomic mass is 14.8. The smallest absolute Gasteiger partial charge is 0.0979 e. The Balaban J connectivity index is 1.24. The number of benzene rings is 10. The summed E-state index contributed by atoms with van der Waals surface area (Å²) >= 11 is 0. The van der Waals surface area contributed by atoms with E-state index >= 15 is 0 Å². The van der Waals surface area contributed by atoms with E-state index in [1.165, 1.54) is 65.0 Å². The van der Waals surface area contributed by atoms with Crippen LogP contribution in [0.4, 0.5) is 0 Å². The number of aromatic nitrogens is 2. The van der Waals surface area contributed by atoms with E-state index in [1.54, 1.807) is 0 Å². The van der Waals surface area contributed by atoms with Crippen molar-refractivity contribution in [2.45, 2.75) is 0 Å². The van der Waals surface area contributed by atoms with Gasteiger partial charge >= 0.3 is 0 Å². The van der Waals surface area contributed by atoms with Gasteiger partial charge in [-0.2, -0.15) is 0 Å². The molecule has 0 atom stereocenters. The van der Waals surface area contributed by atoms with Gasteiger partial charge in [0, 0.05) is 16.3 Å². The van der Waals surface area contributed by atoms with Crippen LogP contribution in [0.3, 0.4) is 0 Å². The molecule has 2 heteroatoms. The van der Waals surface area contributed by atoms with Gasteiger partial charge in [-0.05, 0) is 106 Å². The van der Waals surface area contributed by atoms with Gasteiger partial charge in [-0.15, -0.1) is 0 Å². The van der Waals surface area contributed by atoms with E-state index < -0.39 is 0 Å². The summed E-state index contributed by atoms with van der Waals surface area (Å²) in [6, 6.07) is 63.8. The van der Waals surface area contributed by atoms with E-state index in [1.807, 2.05) is 6.20 Å². The van der Waals surface area contributed by atoms with Crippen LogP contribution in [-0.4, -0.2) is 9.97 Å². The van der Waals surface area contributed by atoms with E-state index in [2.05, 4.69) is 176 Å². The number of rotatable bonds is 3. The molecule has 11 rings (SSSR count). The maximum Gasteiger partial charge on any atom is 0.0979 e. The van der Waals surface area contributed by atoms with E-state index in [0.717, 1.165) is 44.2 Å². The predicted octanol–water partition coefficient (Wildman–Crippen LogP) is 13.5. The second-order valence-corrected chi connectivity index (χ2v) is 13.7. The molecule has 0 fully saturated rings. The number of fused-ring (bicyclic) bond motifs is 12. The standard InChI is InChI=1S/C50H30N2/c1-3-15-36-31(13-1)28-46(42-21-7-5-17-38(36)42)33-25-34(47-29-32-14-2-4-16-37(32)39-18-6-8-22-43(39)47)27-35(26-33)48-30-51-49-44-23-11-9-19-40(44)41-20-10-12-24-45(41)50(49)52-48/h1-30H. The zero-order valence-corrected chi connectivity index (χ0v) is 28.2. The molecule has 0 saturated heterocycles. The molecule has 240 valence electrons. The largest absolute Gasteiger partial charge is 0.252 e. The third kappa shape index (κ3) is 4.38. The number of nitrogens with zero attached hydrogens (tertiary/aromatic N) is 2. The molecule has 0 radical (unpaired) electrons. The zero-order chi connectivity index (χ0) is 34.2. The fourth-order valence-electron chi connectivity index (χ4n) is 8.43. The van der Waals surface area contributed by atoms with Crippen molar-refractivity contribution < 1.29 is 0 Å². The topological polar surface area (TPSA) is 25.8 Å². The molecule has 52 heavy (non-hydrogen) atoms. The highest BCUT2D eigenvalue weighted by Gasteiger charge is 2.17. The second kappa shape index (κ2) is 11.3. The highest BCUT2D eigenvalue weighted by molar-refractivity contribution is 6.23. The molecule has 0 saturated carbocycles. The molecule has 0 aliphatic rings. The van der Waals surface area contributed by atoms with Gasteiger partial charge in [0.2, 0.25) is 0 Å². The molecule has 0 unspecified atom stereocenters. The van der Waals surface area contributed by atoms with Crippen molar-refractivity contribution in [2.24, 2.45) is 0 Å². The van der Waals surface area contributed by atoms with Gasteiger partial charge < -0.3 is 0 Å². The summed E-state index contributed by atoms with van der Waals surface area (Å²) in [6.07, 6.45) is 1.96. The normalized spacial score (nSPS) is 11.8. The third-order valence-electron chi connectivity index (χ3n) is 10.8. The van der Waals surface area contributed by atoms with Crippen LogP contribution in [0.2, 0.25) is 0 Å². The third-order valence-corrected chi connectivity index (χ3v) is 10.8. The van der Waals surface area contributed by atoms with Crippen molar-refractivity contribution in [1.29, 1.82) is 0 Å². The van der Waals surface area contributed by atoms with Gasteiger partial charge in [0.15, 0.2) is 0 Å². The number of hydrogen-bond acceptors (Lipinski definition) is 2. The quantitative estimate of drug-likeness (QED) is 0.177. The van der Waals surface area contributed by atoms with Crippen LogP contribution >= 0.6 is 0 Å². The lowest BCUT2D eigenvalue weighted by atomic mass is 9.88. The maximum atomic E-state index is 5.46. The molecule has 11 aromatic rings. The summed E-state index contributed by atoms with van der Waals surface area (Å²) in [5.41, 5.74) is 8.44. The molecule has 1 heterocycles. The summed E-state index contributed by atoms with van der Waals surface area (Å²) in [4.78, 5) is 10.6. The molecule has 0 aliphatic carbocycles. The van der Waals surface area contributed by atoms with Crippen LogP contribution in [0.1, 0.15) is 0 Å². The Kier molecular flexibility index (Phi) is 6.28.